The van der Waals surface area contributed by atoms with Crippen LogP contribution in [0.4, 0.5) is 0 Å². The summed E-state index contributed by atoms with van der Waals surface area (Å²) >= 11 is 7.77. The number of hydrogen-bond donors (Lipinski definition) is 2. The van der Waals surface area contributed by atoms with Gasteiger partial charge in [0.2, 0.25) is 0 Å². The second-order valence-corrected chi connectivity index (χ2v) is 8.73. The molecule has 1 aromatic heterocycles. The van der Waals surface area contributed by atoms with E-state index in [1.807, 2.05) is 12.1 Å². The number of rotatable bonds is 7. The van der Waals surface area contributed by atoms with Crippen LogP contribution in [0.3, 0.4) is 0 Å². The standard InChI is InChI=1S/C25H23ClN2O2S/c1-16-7-9-17(10-8-16)23-24(19-5-3-4-6-21(19)28-23)31-14-13-27-25(29)20-15-18(26)11-12-22(20)30-2/h3-12,15,28H,13-14H2,1-2H3,(H,27,29). The molecule has 0 radical (unpaired) electrons. The molecule has 3 aromatic carbocycles. The van der Waals surface area contributed by atoms with Crippen LogP contribution in [0.5, 0.6) is 5.75 Å². The molecule has 31 heavy (non-hydrogen) atoms. The fourth-order valence-corrected chi connectivity index (χ4v) is 4.69. The van der Waals surface area contributed by atoms with E-state index in [1.54, 1.807) is 37.1 Å². The maximum atomic E-state index is 12.6. The number of aromatic nitrogens is 1. The molecule has 0 unspecified atom stereocenters. The lowest BCUT2D eigenvalue weighted by atomic mass is 10.1. The first-order valence-corrected chi connectivity index (χ1v) is 11.4. The molecule has 0 aliphatic rings. The van der Waals surface area contributed by atoms with Crippen LogP contribution in [0.2, 0.25) is 5.02 Å². The second-order valence-electron chi connectivity index (χ2n) is 7.19. The topological polar surface area (TPSA) is 54.1 Å². The number of aromatic amines is 1. The Morgan fingerprint density at radius 2 is 1.87 bits per heavy atom. The largest absolute Gasteiger partial charge is 0.496 e. The number of para-hydroxylation sites is 1. The summed E-state index contributed by atoms with van der Waals surface area (Å²) in [5.74, 6) is 1.04. The van der Waals surface area contributed by atoms with Crippen molar-refractivity contribution in [1.82, 2.24) is 10.3 Å². The first kappa shape index (κ1) is 21.3. The number of methoxy groups -OCH3 is 1. The third-order valence-corrected chi connectivity index (χ3v) is 6.39. The zero-order valence-corrected chi connectivity index (χ0v) is 18.9. The molecule has 0 saturated carbocycles. The number of ether oxygens (including phenoxy) is 1. The van der Waals surface area contributed by atoms with Gasteiger partial charge in [-0.3, -0.25) is 4.79 Å². The van der Waals surface area contributed by atoms with Gasteiger partial charge in [0.25, 0.3) is 5.91 Å². The maximum Gasteiger partial charge on any atom is 0.255 e. The van der Waals surface area contributed by atoms with Crippen LogP contribution in [0.25, 0.3) is 22.2 Å². The van der Waals surface area contributed by atoms with Gasteiger partial charge in [0, 0.05) is 33.1 Å². The van der Waals surface area contributed by atoms with Gasteiger partial charge in [0.15, 0.2) is 0 Å². The molecule has 0 saturated heterocycles. The number of thioether (sulfide) groups is 1. The number of fused-ring (bicyclic) bond motifs is 1. The number of aryl methyl sites for hydroxylation is 1. The molecule has 4 aromatic rings. The van der Waals surface area contributed by atoms with E-state index in [9.17, 15) is 4.79 Å². The molecular formula is C25H23ClN2O2S. The summed E-state index contributed by atoms with van der Waals surface area (Å²) in [6, 6.07) is 21.8. The highest BCUT2D eigenvalue weighted by atomic mass is 35.5. The average Bonchev–Trinajstić information content (AvgIpc) is 3.15. The Bertz CT molecular complexity index is 1220. The predicted molar refractivity (Wildman–Crippen MR) is 130 cm³/mol. The van der Waals surface area contributed by atoms with Gasteiger partial charge in [-0.1, -0.05) is 59.6 Å². The number of carbonyl (C=O) groups excluding carboxylic acids is 1. The van der Waals surface area contributed by atoms with Gasteiger partial charge in [-0.15, -0.1) is 11.8 Å². The SMILES string of the molecule is COc1ccc(Cl)cc1C(=O)NCCSc1c(-c2ccc(C)cc2)[nH]c2ccccc12. The van der Waals surface area contributed by atoms with Crippen molar-refractivity contribution in [2.24, 2.45) is 0 Å². The molecule has 0 bridgehead atoms. The molecule has 0 spiro atoms. The number of halogens is 1. The Balaban J connectivity index is 1.49. The Hall–Kier alpha value is -2.89. The molecule has 6 heteroatoms. The molecule has 0 aliphatic heterocycles. The van der Waals surface area contributed by atoms with Gasteiger partial charge in [-0.2, -0.15) is 0 Å². The van der Waals surface area contributed by atoms with Crippen LogP contribution in [0, 0.1) is 6.92 Å². The first-order valence-electron chi connectivity index (χ1n) is 9.99. The maximum absolute atomic E-state index is 12.6. The van der Waals surface area contributed by atoms with Crippen LogP contribution in [0.15, 0.2) is 71.6 Å². The van der Waals surface area contributed by atoms with E-state index in [1.165, 1.54) is 15.8 Å². The van der Waals surface area contributed by atoms with E-state index >= 15 is 0 Å². The number of amides is 1. The summed E-state index contributed by atoms with van der Waals surface area (Å²) in [5, 5.41) is 4.66. The summed E-state index contributed by atoms with van der Waals surface area (Å²) in [5.41, 5.74) is 5.03. The van der Waals surface area contributed by atoms with Crippen LogP contribution in [-0.4, -0.2) is 30.3 Å². The van der Waals surface area contributed by atoms with Crippen LogP contribution < -0.4 is 10.1 Å². The Labute approximate surface area is 191 Å². The summed E-state index contributed by atoms with van der Waals surface area (Å²) in [4.78, 5) is 17.4. The van der Waals surface area contributed by atoms with Gasteiger partial charge in [0.1, 0.15) is 5.75 Å². The summed E-state index contributed by atoms with van der Waals surface area (Å²) in [6.45, 7) is 2.61. The minimum Gasteiger partial charge on any atom is -0.496 e. The summed E-state index contributed by atoms with van der Waals surface area (Å²) in [6.07, 6.45) is 0. The lowest BCUT2D eigenvalue weighted by Gasteiger charge is -2.10. The van der Waals surface area contributed by atoms with Gasteiger partial charge in [-0.25, -0.2) is 0 Å². The Morgan fingerprint density at radius 1 is 1.10 bits per heavy atom. The van der Waals surface area contributed by atoms with Crippen molar-refractivity contribution in [3.05, 3.63) is 82.9 Å². The molecule has 2 N–H and O–H groups in total. The smallest absolute Gasteiger partial charge is 0.255 e. The van der Waals surface area contributed by atoms with Gasteiger partial charge in [0.05, 0.1) is 18.4 Å². The van der Waals surface area contributed by atoms with Crippen molar-refractivity contribution in [2.45, 2.75) is 11.8 Å². The van der Waals surface area contributed by atoms with E-state index < -0.39 is 0 Å². The van der Waals surface area contributed by atoms with Crippen molar-refractivity contribution in [1.29, 1.82) is 0 Å². The van der Waals surface area contributed by atoms with E-state index in [0.29, 0.717) is 22.9 Å². The summed E-state index contributed by atoms with van der Waals surface area (Å²) in [7, 11) is 1.54. The molecule has 1 heterocycles. The number of nitrogens with one attached hydrogen (secondary N) is 2. The third kappa shape index (κ3) is 4.73. The van der Waals surface area contributed by atoms with Gasteiger partial charge >= 0.3 is 0 Å². The van der Waals surface area contributed by atoms with Crippen molar-refractivity contribution in [2.75, 3.05) is 19.4 Å². The number of carbonyl (C=O) groups is 1. The van der Waals surface area contributed by atoms with Crippen molar-refractivity contribution in [3.63, 3.8) is 0 Å². The molecular weight excluding hydrogens is 428 g/mol. The highest BCUT2D eigenvalue weighted by Crippen LogP contribution is 2.37. The fourth-order valence-electron chi connectivity index (χ4n) is 3.46. The van der Waals surface area contributed by atoms with Crippen molar-refractivity contribution >= 4 is 40.2 Å². The zero-order chi connectivity index (χ0) is 21.8. The molecule has 1 amide bonds. The lowest BCUT2D eigenvalue weighted by Crippen LogP contribution is -2.26. The van der Waals surface area contributed by atoms with Crippen LogP contribution >= 0.6 is 23.4 Å². The molecule has 4 rings (SSSR count). The second kappa shape index (κ2) is 9.50. The highest BCUT2D eigenvalue weighted by molar-refractivity contribution is 7.99. The minimum atomic E-state index is -0.197. The predicted octanol–water partition coefficient (Wildman–Crippen LogP) is 6.33. The Kier molecular flexibility index (Phi) is 6.54. The molecule has 158 valence electrons. The van der Waals surface area contributed by atoms with E-state index in [2.05, 4.69) is 53.6 Å². The number of H-pyrrole nitrogens is 1. The van der Waals surface area contributed by atoms with Gasteiger partial charge < -0.3 is 15.0 Å². The Morgan fingerprint density at radius 3 is 2.65 bits per heavy atom. The normalized spacial score (nSPS) is 10.9. The van der Waals surface area contributed by atoms with E-state index in [4.69, 9.17) is 16.3 Å². The van der Waals surface area contributed by atoms with Crippen LogP contribution in [0.1, 0.15) is 15.9 Å². The lowest BCUT2D eigenvalue weighted by molar-refractivity contribution is 0.0953. The monoisotopic (exact) mass is 450 g/mol. The first-order chi connectivity index (χ1) is 15.1. The van der Waals surface area contributed by atoms with Crippen molar-refractivity contribution in [3.8, 4) is 17.0 Å². The van der Waals surface area contributed by atoms with E-state index in [-0.39, 0.29) is 5.91 Å². The van der Waals surface area contributed by atoms with Crippen molar-refractivity contribution < 1.29 is 9.53 Å². The fraction of sp³-hybridized carbons (Fsp3) is 0.160. The summed E-state index contributed by atoms with van der Waals surface area (Å²) < 4.78 is 5.28. The third-order valence-electron chi connectivity index (χ3n) is 5.04. The van der Waals surface area contributed by atoms with E-state index in [0.717, 1.165) is 22.5 Å². The highest BCUT2D eigenvalue weighted by Gasteiger charge is 2.15. The minimum absolute atomic E-state index is 0.197. The number of hydrogen-bond acceptors (Lipinski definition) is 3. The average molecular weight is 451 g/mol. The van der Waals surface area contributed by atoms with Gasteiger partial charge in [-0.05, 0) is 36.8 Å². The zero-order valence-electron chi connectivity index (χ0n) is 17.4. The van der Waals surface area contributed by atoms with Crippen LogP contribution in [-0.2, 0) is 0 Å². The molecule has 0 atom stereocenters. The number of benzene rings is 3. The quantitative estimate of drug-likeness (QED) is 0.255. The molecule has 4 nitrogen and oxygen atoms in total. The molecule has 0 aliphatic carbocycles. The molecule has 0 fully saturated rings.